The van der Waals surface area contributed by atoms with Crippen LogP contribution in [-0.2, 0) is 20.9 Å². The Morgan fingerprint density at radius 3 is 2.54 bits per heavy atom. The van der Waals surface area contributed by atoms with Crippen molar-refractivity contribution in [2.45, 2.75) is 6.54 Å². The van der Waals surface area contributed by atoms with E-state index in [1.807, 2.05) is 17.5 Å². The molecule has 1 aromatic heterocycles. The van der Waals surface area contributed by atoms with E-state index in [2.05, 4.69) is 0 Å². The van der Waals surface area contributed by atoms with Gasteiger partial charge in [-0.3, -0.25) is 4.79 Å². The summed E-state index contributed by atoms with van der Waals surface area (Å²) in [5, 5.41) is 1.95. The van der Waals surface area contributed by atoms with E-state index in [0.717, 1.165) is 10.4 Å². The molecule has 1 aliphatic heterocycles. The Labute approximate surface area is 207 Å². The fourth-order valence-corrected chi connectivity index (χ4v) is 4.15. The van der Waals surface area contributed by atoms with Gasteiger partial charge in [-0.25, -0.2) is 4.79 Å². The van der Waals surface area contributed by atoms with E-state index in [0.29, 0.717) is 48.4 Å². The number of anilines is 1. The van der Waals surface area contributed by atoms with Gasteiger partial charge in [0, 0.05) is 22.7 Å². The molecule has 0 aliphatic carbocycles. The molecule has 35 heavy (non-hydrogen) atoms. The number of benzene rings is 2. The van der Waals surface area contributed by atoms with Gasteiger partial charge < -0.3 is 28.6 Å². The van der Waals surface area contributed by atoms with Crippen molar-refractivity contribution in [3.05, 3.63) is 70.4 Å². The molecule has 4 rings (SSSR count). The summed E-state index contributed by atoms with van der Waals surface area (Å²) in [4.78, 5) is 28.0. The van der Waals surface area contributed by atoms with Crippen LogP contribution in [0.1, 0.15) is 10.4 Å². The number of thiophene rings is 1. The van der Waals surface area contributed by atoms with Gasteiger partial charge in [0.15, 0.2) is 29.6 Å². The molecule has 1 amide bonds. The van der Waals surface area contributed by atoms with Gasteiger partial charge in [0.1, 0.15) is 13.2 Å². The molecule has 1 aliphatic rings. The van der Waals surface area contributed by atoms with Gasteiger partial charge in [0.2, 0.25) is 0 Å². The molecule has 0 unspecified atom stereocenters. The molecule has 9 heteroatoms. The highest BCUT2D eigenvalue weighted by atomic mass is 32.1. The first-order chi connectivity index (χ1) is 17.1. The number of amides is 1. The van der Waals surface area contributed by atoms with E-state index in [1.54, 1.807) is 54.5 Å². The molecule has 2 heterocycles. The van der Waals surface area contributed by atoms with Gasteiger partial charge in [-0.15, -0.1) is 11.3 Å². The third kappa shape index (κ3) is 6.13. The zero-order valence-electron chi connectivity index (χ0n) is 19.4. The zero-order valence-corrected chi connectivity index (χ0v) is 20.2. The Kier molecular flexibility index (Phi) is 7.89. The smallest absolute Gasteiger partial charge is 0.331 e. The van der Waals surface area contributed by atoms with Crippen LogP contribution in [0.25, 0.3) is 6.08 Å². The molecule has 0 atom stereocenters. The number of carbonyl (C=O) groups excluding carboxylic acids is 2. The topological polar surface area (TPSA) is 83.5 Å². The molecule has 8 nitrogen and oxygen atoms in total. The van der Waals surface area contributed by atoms with Gasteiger partial charge >= 0.3 is 5.97 Å². The minimum absolute atomic E-state index is 0.342. The van der Waals surface area contributed by atoms with Gasteiger partial charge in [-0.2, -0.15) is 0 Å². The number of carbonyl (C=O) groups is 2. The minimum atomic E-state index is -0.633. The predicted octanol–water partition coefficient (Wildman–Crippen LogP) is 4.33. The molecule has 0 saturated heterocycles. The monoisotopic (exact) mass is 495 g/mol. The summed E-state index contributed by atoms with van der Waals surface area (Å²) in [6, 6.07) is 14.4. The second kappa shape index (κ2) is 11.4. The van der Waals surface area contributed by atoms with Gasteiger partial charge in [0.05, 0.1) is 20.8 Å². The van der Waals surface area contributed by atoms with Crippen molar-refractivity contribution >= 4 is 35.0 Å². The van der Waals surface area contributed by atoms with Crippen LogP contribution < -0.4 is 23.8 Å². The van der Waals surface area contributed by atoms with Crippen LogP contribution in [0.15, 0.2) is 60.0 Å². The number of fused-ring (bicyclic) bond motifs is 1. The average molecular weight is 496 g/mol. The van der Waals surface area contributed by atoms with Crippen LogP contribution in [0.2, 0.25) is 0 Å². The number of hydrogen-bond acceptors (Lipinski definition) is 8. The molecule has 182 valence electrons. The predicted molar refractivity (Wildman–Crippen MR) is 132 cm³/mol. The highest BCUT2D eigenvalue weighted by molar-refractivity contribution is 7.09. The Hall–Kier alpha value is -3.98. The molecule has 0 spiro atoms. The van der Waals surface area contributed by atoms with Crippen molar-refractivity contribution in [2.24, 2.45) is 0 Å². The van der Waals surface area contributed by atoms with Gasteiger partial charge in [-0.05, 0) is 47.4 Å². The third-order valence-corrected chi connectivity index (χ3v) is 6.05. The first kappa shape index (κ1) is 24.2. The SMILES string of the molecule is COc1ccc(C=CC(=O)OCC(=O)N(Cc2cccs2)c2ccc3c(c2)OCCO3)cc1OC. The van der Waals surface area contributed by atoms with E-state index in [4.69, 9.17) is 23.7 Å². The van der Waals surface area contributed by atoms with E-state index in [-0.39, 0.29) is 5.91 Å². The second-order valence-corrected chi connectivity index (χ2v) is 8.47. The summed E-state index contributed by atoms with van der Waals surface area (Å²) < 4.78 is 27.0. The number of methoxy groups -OCH3 is 2. The van der Waals surface area contributed by atoms with E-state index < -0.39 is 12.6 Å². The summed E-state index contributed by atoms with van der Waals surface area (Å²) in [7, 11) is 3.09. The number of ether oxygens (including phenoxy) is 5. The van der Waals surface area contributed by atoms with Crippen LogP contribution in [0, 0.1) is 0 Å². The molecule has 0 saturated carbocycles. The lowest BCUT2D eigenvalue weighted by Gasteiger charge is -2.25. The highest BCUT2D eigenvalue weighted by Crippen LogP contribution is 2.35. The third-order valence-electron chi connectivity index (χ3n) is 5.19. The maximum Gasteiger partial charge on any atom is 0.331 e. The van der Waals surface area contributed by atoms with Crippen molar-refractivity contribution in [1.29, 1.82) is 0 Å². The van der Waals surface area contributed by atoms with E-state index in [9.17, 15) is 9.59 Å². The zero-order chi connectivity index (χ0) is 24.6. The first-order valence-corrected chi connectivity index (χ1v) is 11.7. The lowest BCUT2D eigenvalue weighted by Crippen LogP contribution is -2.34. The van der Waals surface area contributed by atoms with Crippen molar-refractivity contribution in [3.8, 4) is 23.0 Å². The summed E-state index contributed by atoms with van der Waals surface area (Å²) in [5.74, 6) is 1.35. The minimum Gasteiger partial charge on any atom is -0.493 e. The van der Waals surface area contributed by atoms with Crippen molar-refractivity contribution in [3.63, 3.8) is 0 Å². The Balaban J connectivity index is 1.43. The van der Waals surface area contributed by atoms with Crippen LogP contribution in [-0.4, -0.2) is 45.9 Å². The normalized spacial score (nSPS) is 12.3. The lowest BCUT2D eigenvalue weighted by molar-refractivity contribution is -0.142. The molecule has 0 N–H and O–H groups in total. The maximum absolute atomic E-state index is 13.1. The molecule has 0 bridgehead atoms. The summed E-state index contributed by atoms with van der Waals surface area (Å²) >= 11 is 1.54. The number of nitrogens with zero attached hydrogens (tertiary/aromatic N) is 1. The fraction of sp³-hybridized carbons (Fsp3) is 0.231. The Morgan fingerprint density at radius 1 is 1.00 bits per heavy atom. The number of esters is 1. The molecule has 0 radical (unpaired) electrons. The largest absolute Gasteiger partial charge is 0.493 e. The Morgan fingerprint density at radius 2 is 1.80 bits per heavy atom. The standard InChI is InChI=1S/C26H25NO7S/c1-30-21-8-5-18(14-23(21)31-2)6-10-26(29)34-17-25(28)27(16-20-4-3-13-35-20)19-7-9-22-24(15-19)33-12-11-32-22/h3-10,13-15H,11-12,16-17H2,1-2H3. The molecule has 3 aromatic rings. The van der Waals surface area contributed by atoms with Crippen LogP contribution in [0.4, 0.5) is 5.69 Å². The maximum atomic E-state index is 13.1. The van der Waals surface area contributed by atoms with Crippen molar-refractivity contribution in [2.75, 3.05) is 38.9 Å². The first-order valence-electron chi connectivity index (χ1n) is 10.9. The highest BCUT2D eigenvalue weighted by Gasteiger charge is 2.21. The summed E-state index contributed by atoms with van der Waals surface area (Å²) in [5.41, 5.74) is 1.35. The molecular formula is C26H25NO7S. The Bertz CT molecular complexity index is 1210. The van der Waals surface area contributed by atoms with Gasteiger partial charge in [0.25, 0.3) is 5.91 Å². The van der Waals surface area contributed by atoms with E-state index >= 15 is 0 Å². The van der Waals surface area contributed by atoms with E-state index in [1.165, 1.54) is 24.5 Å². The fourth-order valence-electron chi connectivity index (χ4n) is 3.46. The summed E-state index contributed by atoms with van der Waals surface area (Å²) in [6.07, 6.45) is 2.85. The summed E-state index contributed by atoms with van der Waals surface area (Å²) in [6.45, 7) is 0.862. The van der Waals surface area contributed by atoms with Gasteiger partial charge in [-0.1, -0.05) is 12.1 Å². The van der Waals surface area contributed by atoms with Crippen LogP contribution in [0.5, 0.6) is 23.0 Å². The number of hydrogen-bond donors (Lipinski definition) is 0. The van der Waals surface area contributed by atoms with Crippen LogP contribution >= 0.6 is 11.3 Å². The lowest BCUT2D eigenvalue weighted by atomic mass is 10.2. The van der Waals surface area contributed by atoms with Crippen molar-refractivity contribution < 1.29 is 33.3 Å². The quantitative estimate of drug-likeness (QED) is 0.323. The molecule has 0 fully saturated rings. The molecular weight excluding hydrogens is 470 g/mol. The van der Waals surface area contributed by atoms with Crippen LogP contribution in [0.3, 0.4) is 0 Å². The number of rotatable bonds is 9. The van der Waals surface area contributed by atoms with Crippen molar-refractivity contribution in [1.82, 2.24) is 0 Å². The molecule has 2 aromatic carbocycles. The average Bonchev–Trinajstić information content (AvgIpc) is 3.42. The second-order valence-electron chi connectivity index (χ2n) is 7.44.